The summed E-state index contributed by atoms with van der Waals surface area (Å²) in [7, 11) is 0. The first-order chi connectivity index (χ1) is 7.08. The van der Waals surface area contributed by atoms with E-state index in [-0.39, 0.29) is 0 Å². The molecule has 1 N–H and O–H groups in total. The van der Waals surface area contributed by atoms with Gasteiger partial charge in [0, 0.05) is 6.54 Å². The zero-order chi connectivity index (χ0) is 11.3. The van der Waals surface area contributed by atoms with Crippen molar-refractivity contribution in [3.05, 3.63) is 0 Å². The molecule has 0 amide bonds. The van der Waals surface area contributed by atoms with Gasteiger partial charge in [-0.2, -0.15) is 0 Å². The van der Waals surface area contributed by atoms with Crippen LogP contribution in [0.3, 0.4) is 0 Å². The largest absolute Gasteiger partial charge is 0.481 e. The number of nitrogens with zero attached hydrogens (tertiary/aromatic N) is 1. The number of likely N-dealkylation sites (tertiary alicyclic amines) is 1. The van der Waals surface area contributed by atoms with Crippen LogP contribution in [0.15, 0.2) is 0 Å². The zero-order valence-electron chi connectivity index (χ0n) is 9.96. The SMILES string of the molecule is CCCC(C)(CN1CCCCC1)C(=O)O. The Morgan fingerprint density at radius 1 is 1.33 bits per heavy atom. The van der Waals surface area contributed by atoms with Crippen LogP contribution in [-0.4, -0.2) is 35.6 Å². The van der Waals surface area contributed by atoms with Gasteiger partial charge in [0.1, 0.15) is 0 Å². The normalized spacial score (nSPS) is 22.3. The average Bonchev–Trinajstić information content (AvgIpc) is 2.19. The minimum absolute atomic E-state index is 0.550. The second-order valence-electron chi connectivity index (χ2n) is 4.95. The molecule has 1 aliphatic rings. The fraction of sp³-hybridized carbons (Fsp3) is 0.917. The van der Waals surface area contributed by atoms with Crippen LogP contribution in [0.2, 0.25) is 0 Å². The Morgan fingerprint density at radius 3 is 2.40 bits per heavy atom. The number of carboxylic acid groups (broad SMARTS) is 1. The lowest BCUT2D eigenvalue weighted by molar-refractivity contribution is -0.149. The number of hydrogen-bond acceptors (Lipinski definition) is 2. The summed E-state index contributed by atoms with van der Waals surface area (Å²) in [5, 5.41) is 9.27. The molecule has 88 valence electrons. The molecule has 0 spiro atoms. The number of hydrogen-bond donors (Lipinski definition) is 1. The molecule has 1 unspecified atom stereocenters. The van der Waals surface area contributed by atoms with Gasteiger partial charge in [0.15, 0.2) is 0 Å². The average molecular weight is 213 g/mol. The van der Waals surface area contributed by atoms with Crippen LogP contribution in [-0.2, 0) is 4.79 Å². The molecule has 0 aromatic rings. The van der Waals surface area contributed by atoms with Crippen LogP contribution in [0.4, 0.5) is 0 Å². The maximum absolute atomic E-state index is 11.3. The fourth-order valence-corrected chi connectivity index (χ4v) is 2.42. The van der Waals surface area contributed by atoms with Gasteiger partial charge in [-0.1, -0.05) is 19.8 Å². The molecule has 3 heteroatoms. The lowest BCUT2D eigenvalue weighted by Gasteiger charge is -2.34. The Kier molecular flexibility index (Phi) is 4.58. The third-order valence-corrected chi connectivity index (χ3v) is 3.34. The molecule has 1 atom stereocenters. The minimum Gasteiger partial charge on any atom is -0.481 e. The summed E-state index contributed by atoms with van der Waals surface area (Å²) < 4.78 is 0. The van der Waals surface area contributed by atoms with Crippen molar-refractivity contribution in [3.8, 4) is 0 Å². The molecule has 1 fully saturated rings. The van der Waals surface area contributed by atoms with E-state index in [1.54, 1.807) is 0 Å². The van der Waals surface area contributed by atoms with Crippen LogP contribution >= 0.6 is 0 Å². The molecule has 1 rings (SSSR count). The van der Waals surface area contributed by atoms with Crippen molar-refractivity contribution in [1.29, 1.82) is 0 Å². The van der Waals surface area contributed by atoms with Gasteiger partial charge in [0.25, 0.3) is 0 Å². The lowest BCUT2D eigenvalue weighted by atomic mass is 9.84. The smallest absolute Gasteiger partial charge is 0.310 e. The van der Waals surface area contributed by atoms with Crippen LogP contribution < -0.4 is 0 Å². The van der Waals surface area contributed by atoms with Crippen molar-refractivity contribution in [2.45, 2.75) is 46.0 Å². The first-order valence-corrected chi connectivity index (χ1v) is 6.04. The summed E-state index contributed by atoms with van der Waals surface area (Å²) in [5.41, 5.74) is -0.550. The number of piperidine rings is 1. The fourth-order valence-electron chi connectivity index (χ4n) is 2.42. The molecule has 1 saturated heterocycles. The number of aliphatic carboxylic acids is 1. The molecule has 1 heterocycles. The van der Waals surface area contributed by atoms with E-state index >= 15 is 0 Å². The zero-order valence-corrected chi connectivity index (χ0v) is 9.96. The molecule has 0 bridgehead atoms. The van der Waals surface area contributed by atoms with Crippen molar-refractivity contribution >= 4 is 5.97 Å². The highest BCUT2D eigenvalue weighted by Gasteiger charge is 2.34. The number of carbonyl (C=O) groups is 1. The third-order valence-electron chi connectivity index (χ3n) is 3.34. The Labute approximate surface area is 92.5 Å². The summed E-state index contributed by atoms with van der Waals surface area (Å²) in [4.78, 5) is 13.6. The molecule has 0 aromatic heterocycles. The Bertz CT molecular complexity index is 212. The molecule has 3 nitrogen and oxygen atoms in total. The van der Waals surface area contributed by atoms with Crippen molar-refractivity contribution in [3.63, 3.8) is 0 Å². The summed E-state index contributed by atoms with van der Waals surface area (Å²) in [6, 6.07) is 0. The lowest BCUT2D eigenvalue weighted by Crippen LogP contribution is -2.43. The van der Waals surface area contributed by atoms with Crippen molar-refractivity contribution in [2.24, 2.45) is 5.41 Å². The highest BCUT2D eigenvalue weighted by Crippen LogP contribution is 2.26. The predicted molar refractivity (Wildman–Crippen MR) is 60.9 cm³/mol. The molecular weight excluding hydrogens is 190 g/mol. The first kappa shape index (κ1) is 12.5. The van der Waals surface area contributed by atoms with Gasteiger partial charge in [-0.3, -0.25) is 4.79 Å². The second kappa shape index (κ2) is 5.50. The van der Waals surface area contributed by atoms with Gasteiger partial charge in [-0.05, 0) is 39.3 Å². The van der Waals surface area contributed by atoms with Crippen LogP contribution in [0, 0.1) is 5.41 Å². The predicted octanol–water partition coefficient (Wildman–Crippen LogP) is 2.36. The van der Waals surface area contributed by atoms with E-state index in [1.165, 1.54) is 19.3 Å². The standard InChI is InChI=1S/C12H23NO2/c1-3-7-12(2,11(14)15)10-13-8-5-4-6-9-13/h3-10H2,1-2H3,(H,14,15). The molecule has 0 aliphatic carbocycles. The van der Waals surface area contributed by atoms with Gasteiger partial charge < -0.3 is 10.0 Å². The van der Waals surface area contributed by atoms with E-state index < -0.39 is 11.4 Å². The van der Waals surface area contributed by atoms with Gasteiger partial charge in [-0.15, -0.1) is 0 Å². The van der Waals surface area contributed by atoms with E-state index in [4.69, 9.17) is 0 Å². The Balaban J connectivity index is 2.52. The summed E-state index contributed by atoms with van der Waals surface area (Å²) in [6.45, 7) is 6.81. The quantitative estimate of drug-likeness (QED) is 0.762. The van der Waals surface area contributed by atoms with Crippen LogP contribution in [0.5, 0.6) is 0 Å². The topological polar surface area (TPSA) is 40.5 Å². The van der Waals surface area contributed by atoms with E-state index in [2.05, 4.69) is 11.8 Å². The summed E-state index contributed by atoms with van der Waals surface area (Å²) in [5.74, 6) is -0.644. The van der Waals surface area contributed by atoms with E-state index in [9.17, 15) is 9.90 Å². The van der Waals surface area contributed by atoms with Gasteiger partial charge in [0.05, 0.1) is 5.41 Å². The molecule has 0 aromatic carbocycles. The molecular formula is C12H23NO2. The molecule has 0 radical (unpaired) electrons. The van der Waals surface area contributed by atoms with Crippen LogP contribution in [0.1, 0.15) is 46.0 Å². The number of carboxylic acids is 1. The van der Waals surface area contributed by atoms with Gasteiger partial charge in [-0.25, -0.2) is 0 Å². The Morgan fingerprint density at radius 2 is 1.93 bits per heavy atom. The van der Waals surface area contributed by atoms with Crippen molar-refractivity contribution < 1.29 is 9.90 Å². The van der Waals surface area contributed by atoms with Crippen molar-refractivity contribution in [2.75, 3.05) is 19.6 Å². The van der Waals surface area contributed by atoms with Gasteiger partial charge in [0.2, 0.25) is 0 Å². The van der Waals surface area contributed by atoms with Crippen LogP contribution in [0.25, 0.3) is 0 Å². The monoisotopic (exact) mass is 213 g/mol. The third kappa shape index (κ3) is 3.49. The van der Waals surface area contributed by atoms with Gasteiger partial charge >= 0.3 is 5.97 Å². The highest BCUT2D eigenvalue weighted by atomic mass is 16.4. The molecule has 15 heavy (non-hydrogen) atoms. The van der Waals surface area contributed by atoms with Crippen molar-refractivity contribution in [1.82, 2.24) is 4.90 Å². The summed E-state index contributed by atoms with van der Waals surface area (Å²) >= 11 is 0. The highest BCUT2D eigenvalue weighted by molar-refractivity contribution is 5.74. The van der Waals surface area contributed by atoms with E-state index in [0.717, 1.165) is 32.5 Å². The second-order valence-corrected chi connectivity index (χ2v) is 4.95. The Hall–Kier alpha value is -0.570. The number of rotatable bonds is 5. The van der Waals surface area contributed by atoms with E-state index in [1.807, 2.05) is 6.92 Å². The minimum atomic E-state index is -0.644. The maximum Gasteiger partial charge on any atom is 0.310 e. The molecule has 0 saturated carbocycles. The van der Waals surface area contributed by atoms with E-state index in [0.29, 0.717) is 0 Å². The summed E-state index contributed by atoms with van der Waals surface area (Å²) in [6.07, 6.45) is 5.47. The maximum atomic E-state index is 11.3. The first-order valence-electron chi connectivity index (χ1n) is 6.04. The molecule has 1 aliphatic heterocycles.